The molecule has 3 nitrogen and oxygen atoms in total. The molecular formula is C18H16N2O. The first-order chi connectivity index (χ1) is 10.3. The zero-order valence-corrected chi connectivity index (χ0v) is 11.8. The van der Waals surface area contributed by atoms with E-state index in [9.17, 15) is 0 Å². The molecule has 0 aliphatic rings. The van der Waals surface area contributed by atoms with Crippen molar-refractivity contribution in [1.29, 1.82) is 0 Å². The van der Waals surface area contributed by atoms with E-state index >= 15 is 0 Å². The number of benzene rings is 2. The highest BCUT2D eigenvalue weighted by Gasteiger charge is 1.99. The normalized spacial score (nSPS) is 10.9. The van der Waals surface area contributed by atoms with Gasteiger partial charge in [-0.2, -0.15) is 0 Å². The Bertz CT molecular complexity index is 728. The fraction of sp³-hybridized carbons (Fsp3) is 0.0556. The number of methoxy groups -OCH3 is 1. The first-order valence-corrected chi connectivity index (χ1v) is 6.75. The van der Waals surface area contributed by atoms with Crippen LogP contribution in [0.3, 0.4) is 0 Å². The van der Waals surface area contributed by atoms with Gasteiger partial charge in [0.2, 0.25) is 0 Å². The minimum atomic E-state index is 0.872. The fourth-order valence-corrected chi connectivity index (χ4v) is 2.12. The van der Waals surface area contributed by atoms with Gasteiger partial charge in [-0.15, -0.1) is 0 Å². The number of imidazole rings is 1. The van der Waals surface area contributed by atoms with Crippen molar-refractivity contribution >= 4 is 12.3 Å². The number of hydrogen-bond donors (Lipinski definition) is 0. The molecular weight excluding hydrogens is 260 g/mol. The standard InChI is InChI=1S/C18H16N2O/c1-21-18-4-2-3-17(13-18)16-7-5-15(6-8-16)9-11-20-12-10-19-14-20/h2-14H,1H3. The van der Waals surface area contributed by atoms with E-state index in [0.717, 1.165) is 16.9 Å². The van der Waals surface area contributed by atoms with Crippen LogP contribution >= 0.6 is 0 Å². The summed E-state index contributed by atoms with van der Waals surface area (Å²) in [6.07, 6.45) is 9.46. The summed E-state index contributed by atoms with van der Waals surface area (Å²) >= 11 is 0. The molecule has 0 N–H and O–H groups in total. The van der Waals surface area contributed by atoms with E-state index in [1.807, 2.05) is 35.2 Å². The van der Waals surface area contributed by atoms with Gasteiger partial charge in [0.05, 0.1) is 13.4 Å². The quantitative estimate of drug-likeness (QED) is 0.714. The molecule has 0 unspecified atom stereocenters. The number of rotatable bonds is 4. The summed E-state index contributed by atoms with van der Waals surface area (Å²) in [5, 5.41) is 0. The molecule has 21 heavy (non-hydrogen) atoms. The molecule has 3 heteroatoms. The second-order valence-corrected chi connectivity index (χ2v) is 4.68. The molecule has 3 rings (SSSR count). The molecule has 1 heterocycles. The SMILES string of the molecule is COc1cccc(-c2ccc(C=Cn3ccnc3)cc2)c1. The molecule has 2 aromatic carbocycles. The van der Waals surface area contributed by atoms with E-state index in [4.69, 9.17) is 4.74 Å². The van der Waals surface area contributed by atoms with Crippen LogP contribution in [0.2, 0.25) is 0 Å². The lowest BCUT2D eigenvalue weighted by Gasteiger charge is -2.05. The van der Waals surface area contributed by atoms with Crippen LogP contribution in [0.5, 0.6) is 5.75 Å². The monoisotopic (exact) mass is 276 g/mol. The van der Waals surface area contributed by atoms with Gasteiger partial charge in [-0.05, 0) is 34.9 Å². The molecule has 0 saturated heterocycles. The van der Waals surface area contributed by atoms with Crippen molar-refractivity contribution in [2.45, 2.75) is 0 Å². The van der Waals surface area contributed by atoms with E-state index in [2.05, 4.69) is 41.4 Å². The molecule has 0 aliphatic carbocycles. The predicted octanol–water partition coefficient (Wildman–Crippen LogP) is 4.19. The van der Waals surface area contributed by atoms with Gasteiger partial charge in [0.1, 0.15) is 5.75 Å². The Labute approximate surface area is 124 Å². The Morgan fingerprint density at radius 2 is 1.90 bits per heavy atom. The molecule has 0 spiro atoms. The summed E-state index contributed by atoms with van der Waals surface area (Å²) in [6.45, 7) is 0. The van der Waals surface area contributed by atoms with Crippen LogP contribution in [-0.4, -0.2) is 16.7 Å². The average Bonchev–Trinajstić information content (AvgIpc) is 3.07. The van der Waals surface area contributed by atoms with Crippen LogP contribution < -0.4 is 4.74 Å². The van der Waals surface area contributed by atoms with E-state index < -0.39 is 0 Å². The van der Waals surface area contributed by atoms with Gasteiger partial charge in [-0.3, -0.25) is 0 Å². The highest BCUT2D eigenvalue weighted by Crippen LogP contribution is 2.24. The molecule has 0 radical (unpaired) electrons. The van der Waals surface area contributed by atoms with Crippen LogP contribution in [0, 0.1) is 0 Å². The molecule has 0 amide bonds. The minimum absolute atomic E-state index is 0.872. The van der Waals surface area contributed by atoms with Gasteiger partial charge in [-0.25, -0.2) is 4.98 Å². The molecule has 0 atom stereocenters. The van der Waals surface area contributed by atoms with Gasteiger partial charge >= 0.3 is 0 Å². The van der Waals surface area contributed by atoms with Gasteiger partial charge in [0, 0.05) is 18.6 Å². The van der Waals surface area contributed by atoms with Crippen LogP contribution in [0.4, 0.5) is 0 Å². The highest BCUT2D eigenvalue weighted by molar-refractivity contribution is 5.68. The predicted molar refractivity (Wildman–Crippen MR) is 85.9 cm³/mol. The van der Waals surface area contributed by atoms with E-state index in [1.54, 1.807) is 19.6 Å². The summed E-state index contributed by atoms with van der Waals surface area (Å²) in [4.78, 5) is 4.00. The fourth-order valence-electron chi connectivity index (χ4n) is 2.12. The first-order valence-electron chi connectivity index (χ1n) is 6.75. The second-order valence-electron chi connectivity index (χ2n) is 4.68. The van der Waals surface area contributed by atoms with Crippen LogP contribution in [0.25, 0.3) is 23.4 Å². The maximum atomic E-state index is 5.26. The number of hydrogen-bond acceptors (Lipinski definition) is 2. The maximum Gasteiger partial charge on any atom is 0.119 e. The Kier molecular flexibility index (Phi) is 3.83. The molecule has 0 saturated carbocycles. The highest BCUT2D eigenvalue weighted by atomic mass is 16.5. The van der Waals surface area contributed by atoms with Crippen molar-refractivity contribution in [3.8, 4) is 16.9 Å². The van der Waals surface area contributed by atoms with E-state index in [-0.39, 0.29) is 0 Å². The molecule has 104 valence electrons. The number of aromatic nitrogens is 2. The third kappa shape index (κ3) is 3.20. The second kappa shape index (κ2) is 6.09. The molecule has 0 fully saturated rings. The van der Waals surface area contributed by atoms with Gasteiger partial charge < -0.3 is 9.30 Å². The van der Waals surface area contributed by atoms with Crippen LogP contribution in [0.15, 0.2) is 67.3 Å². The van der Waals surface area contributed by atoms with Crippen molar-refractivity contribution in [1.82, 2.24) is 9.55 Å². The van der Waals surface area contributed by atoms with Gasteiger partial charge in [0.25, 0.3) is 0 Å². The van der Waals surface area contributed by atoms with Crippen molar-refractivity contribution in [2.75, 3.05) is 7.11 Å². The van der Waals surface area contributed by atoms with E-state index in [1.165, 1.54) is 5.56 Å². The summed E-state index contributed by atoms with van der Waals surface area (Å²) in [5.74, 6) is 0.872. The smallest absolute Gasteiger partial charge is 0.119 e. The first kappa shape index (κ1) is 13.2. The number of ether oxygens (including phenoxy) is 1. The largest absolute Gasteiger partial charge is 0.497 e. The summed E-state index contributed by atoms with van der Waals surface area (Å²) < 4.78 is 7.17. The summed E-state index contributed by atoms with van der Waals surface area (Å²) in [6, 6.07) is 16.5. The van der Waals surface area contributed by atoms with E-state index in [0.29, 0.717) is 0 Å². The van der Waals surface area contributed by atoms with Crippen molar-refractivity contribution in [3.05, 3.63) is 72.8 Å². The topological polar surface area (TPSA) is 27.1 Å². The Hall–Kier alpha value is -2.81. The Balaban J connectivity index is 1.80. The van der Waals surface area contributed by atoms with Crippen LogP contribution in [0.1, 0.15) is 5.56 Å². The molecule has 3 aromatic rings. The van der Waals surface area contributed by atoms with Crippen LogP contribution in [-0.2, 0) is 0 Å². The lowest BCUT2D eigenvalue weighted by molar-refractivity contribution is 0.415. The van der Waals surface area contributed by atoms with Crippen molar-refractivity contribution in [3.63, 3.8) is 0 Å². The zero-order chi connectivity index (χ0) is 14.5. The lowest BCUT2D eigenvalue weighted by atomic mass is 10.0. The molecule has 0 bridgehead atoms. The Morgan fingerprint density at radius 3 is 2.62 bits per heavy atom. The summed E-state index contributed by atoms with van der Waals surface area (Å²) in [5.41, 5.74) is 3.48. The third-order valence-electron chi connectivity index (χ3n) is 3.28. The minimum Gasteiger partial charge on any atom is -0.497 e. The molecule has 1 aromatic heterocycles. The Morgan fingerprint density at radius 1 is 1.05 bits per heavy atom. The van der Waals surface area contributed by atoms with Gasteiger partial charge in [0.15, 0.2) is 0 Å². The number of nitrogens with zero attached hydrogens (tertiary/aromatic N) is 2. The van der Waals surface area contributed by atoms with Crippen molar-refractivity contribution < 1.29 is 4.74 Å². The average molecular weight is 276 g/mol. The summed E-state index contributed by atoms with van der Waals surface area (Å²) in [7, 11) is 1.68. The lowest BCUT2D eigenvalue weighted by Crippen LogP contribution is -1.84. The van der Waals surface area contributed by atoms with Gasteiger partial charge in [-0.1, -0.05) is 36.4 Å². The maximum absolute atomic E-state index is 5.26. The van der Waals surface area contributed by atoms with Crippen molar-refractivity contribution in [2.24, 2.45) is 0 Å². The molecule has 0 aliphatic heterocycles. The third-order valence-corrected chi connectivity index (χ3v) is 3.28. The zero-order valence-electron chi connectivity index (χ0n) is 11.8.